The van der Waals surface area contributed by atoms with E-state index >= 15 is 0 Å². The molecule has 0 aliphatic heterocycles. The van der Waals surface area contributed by atoms with E-state index in [0.29, 0.717) is 10.2 Å². The van der Waals surface area contributed by atoms with Crippen LogP contribution in [0.25, 0.3) is 11.3 Å². The molecule has 104 valence electrons. The molecule has 2 N–H and O–H groups in total. The molecule has 2 rings (SSSR count). The van der Waals surface area contributed by atoms with E-state index in [1.165, 1.54) is 12.1 Å². The van der Waals surface area contributed by atoms with E-state index in [-0.39, 0.29) is 17.1 Å². The Morgan fingerprint density at radius 1 is 1.25 bits per heavy atom. The van der Waals surface area contributed by atoms with Crippen molar-refractivity contribution in [3.05, 3.63) is 35.6 Å². The van der Waals surface area contributed by atoms with E-state index in [1.807, 2.05) is 0 Å². The van der Waals surface area contributed by atoms with E-state index in [4.69, 9.17) is 11.0 Å². The summed E-state index contributed by atoms with van der Waals surface area (Å²) in [4.78, 5) is 0. The SMILES string of the molecule is N#Cc1c(-c2ccc(F)cc2)nn(CC(F)(F)F)c1N. The van der Waals surface area contributed by atoms with Gasteiger partial charge < -0.3 is 5.73 Å². The van der Waals surface area contributed by atoms with Crippen LogP contribution in [0.15, 0.2) is 24.3 Å². The molecule has 0 fully saturated rings. The number of rotatable bonds is 2. The molecule has 0 radical (unpaired) electrons. The summed E-state index contributed by atoms with van der Waals surface area (Å²) in [5.74, 6) is -0.876. The van der Waals surface area contributed by atoms with Crippen molar-refractivity contribution in [2.24, 2.45) is 0 Å². The summed E-state index contributed by atoms with van der Waals surface area (Å²) >= 11 is 0. The van der Waals surface area contributed by atoms with Gasteiger partial charge in [0.15, 0.2) is 0 Å². The molecular weight excluding hydrogens is 276 g/mol. The fourth-order valence-corrected chi connectivity index (χ4v) is 1.69. The zero-order valence-corrected chi connectivity index (χ0v) is 9.95. The zero-order valence-electron chi connectivity index (χ0n) is 9.95. The van der Waals surface area contributed by atoms with Crippen molar-refractivity contribution in [3.63, 3.8) is 0 Å². The topological polar surface area (TPSA) is 67.6 Å². The van der Waals surface area contributed by atoms with Crippen LogP contribution in [0.1, 0.15) is 5.56 Å². The van der Waals surface area contributed by atoms with E-state index < -0.39 is 18.5 Å². The Morgan fingerprint density at radius 3 is 2.35 bits per heavy atom. The van der Waals surface area contributed by atoms with E-state index in [1.54, 1.807) is 6.07 Å². The summed E-state index contributed by atoms with van der Waals surface area (Å²) in [5, 5.41) is 12.7. The highest BCUT2D eigenvalue weighted by molar-refractivity contribution is 5.72. The van der Waals surface area contributed by atoms with Crippen LogP contribution in [0.4, 0.5) is 23.4 Å². The zero-order chi connectivity index (χ0) is 14.9. The van der Waals surface area contributed by atoms with E-state index in [9.17, 15) is 17.6 Å². The lowest BCUT2D eigenvalue weighted by molar-refractivity contribution is -0.142. The summed E-state index contributed by atoms with van der Waals surface area (Å²) in [6.45, 7) is -1.39. The van der Waals surface area contributed by atoms with Gasteiger partial charge in [-0.3, -0.25) is 0 Å². The number of nitrogens with two attached hydrogens (primary N) is 1. The molecule has 8 heteroatoms. The molecule has 0 amide bonds. The summed E-state index contributed by atoms with van der Waals surface area (Å²) in [7, 11) is 0. The Labute approximate surface area is 111 Å². The maximum atomic E-state index is 12.8. The second kappa shape index (κ2) is 4.85. The van der Waals surface area contributed by atoms with Crippen LogP contribution in [0.2, 0.25) is 0 Å². The van der Waals surface area contributed by atoms with Crippen LogP contribution >= 0.6 is 0 Å². The first kappa shape index (κ1) is 13.9. The fraction of sp³-hybridized carbons (Fsp3) is 0.167. The largest absolute Gasteiger partial charge is 0.408 e. The van der Waals surface area contributed by atoms with Gasteiger partial charge in [-0.1, -0.05) is 0 Å². The molecular formula is C12H8F4N4. The van der Waals surface area contributed by atoms with Gasteiger partial charge in [-0.05, 0) is 24.3 Å². The first-order chi connectivity index (χ1) is 9.31. The van der Waals surface area contributed by atoms with Gasteiger partial charge in [-0.2, -0.15) is 23.5 Å². The highest BCUT2D eigenvalue weighted by Crippen LogP contribution is 2.28. The molecule has 0 saturated heterocycles. The lowest BCUT2D eigenvalue weighted by Gasteiger charge is -2.07. The maximum Gasteiger partial charge on any atom is 0.408 e. The molecule has 0 saturated carbocycles. The van der Waals surface area contributed by atoms with Crippen LogP contribution in [0, 0.1) is 17.1 Å². The number of halogens is 4. The molecule has 0 atom stereocenters. The molecule has 4 nitrogen and oxygen atoms in total. The predicted octanol–water partition coefficient (Wildman–Crippen LogP) is 2.71. The van der Waals surface area contributed by atoms with E-state index in [2.05, 4.69) is 5.10 Å². The maximum absolute atomic E-state index is 12.8. The Morgan fingerprint density at radius 2 is 1.85 bits per heavy atom. The fourth-order valence-electron chi connectivity index (χ4n) is 1.69. The van der Waals surface area contributed by atoms with Gasteiger partial charge in [0.05, 0.1) is 0 Å². The van der Waals surface area contributed by atoms with Crippen LogP contribution < -0.4 is 5.73 Å². The van der Waals surface area contributed by atoms with Gasteiger partial charge in [0.2, 0.25) is 0 Å². The summed E-state index contributed by atoms with van der Waals surface area (Å²) in [6.07, 6.45) is -4.51. The third kappa shape index (κ3) is 2.71. The van der Waals surface area contributed by atoms with Crippen molar-refractivity contribution in [1.82, 2.24) is 9.78 Å². The van der Waals surface area contributed by atoms with Crippen LogP contribution in [0.3, 0.4) is 0 Å². The summed E-state index contributed by atoms with van der Waals surface area (Å²) in [6, 6.07) is 6.59. The number of hydrogen-bond acceptors (Lipinski definition) is 3. The standard InChI is InChI=1S/C12H8F4N4/c13-8-3-1-7(2-4-8)10-9(5-17)11(18)20(19-10)6-12(14,15)16/h1-4H,6,18H2. The second-order valence-electron chi connectivity index (χ2n) is 4.00. The smallest absolute Gasteiger partial charge is 0.383 e. The minimum Gasteiger partial charge on any atom is -0.383 e. The van der Waals surface area contributed by atoms with E-state index in [0.717, 1.165) is 12.1 Å². The van der Waals surface area contributed by atoms with Gasteiger partial charge in [0, 0.05) is 5.56 Å². The van der Waals surface area contributed by atoms with Gasteiger partial charge in [-0.15, -0.1) is 0 Å². The number of alkyl halides is 3. The van der Waals surface area contributed by atoms with Crippen molar-refractivity contribution >= 4 is 5.82 Å². The molecule has 1 aromatic heterocycles. The number of benzene rings is 1. The van der Waals surface area contributed by atoms with Crippen molar-refractivity contribution in [2.75, 3.05) is 5.73 Å². The monoisotopic (exact) mass is 284 g/mol. The third-order valence-corrected chi connectivity index (χ3v) is 2.55. The van der Waals surface area contributed by atoms with Crippen molar-refractivity contribution in [1.29, 1.82) is 5.26 Å². The first-order valence-electron chi connectivity index (χ1n) is 5.41. The molecule has 20 heavy (non-hydrogen) atoms. The van der Waals surface area contributed by atoms with Gasteiger partial charge >= 0.3 is 6.18 Å². The second-order valence-corrected chi connectivity index (χ2v) is 4.00. The van der Waals surface area contributed by atoms with Crippen LogP contribution in [-0.2, 0) is 6.54 Å². The van der Waals surface area contributed by atoms with Gasteiger partial charge in [-0.25, -0.2) is 9.07 Å². The molecule has 0 spiro atoms. The minimum atomic E-state index is -4.51. The normalized spacial score (nSPS) is 11.3. The lowest BCUT2D eigenvalue weighted by Crippen LogP contribution is -2.20. The average Bonchev–Trinajstić information content (AvgIpc) is 2.65. The molecule has 0 aliphatic carbocycles. The number of anilines is 1. The Bertz CT molecular complexity index is 664. The number of nitrogens with zero attached hydrogens (tertiary/aromatic N) is 3. The molecule has 0 aliphatic rings. The number of nitrogen functional groups attached to an aromatic ring is 1. The number of hydrogen-bond donors (Lipinski definition) is 1. The minimum absolute atomic E-state index is 0.00532. The van der Waals surface area contributed by atoms with Crippen LogP contribution in [-0.4, -0.2) is 16.0 Å². The summed E-state index contributed by atoms with van der Waals surface area (Å²) < 4.78 is 50.5. The van der Waals surface area contributed by atoms with Gasteiger partial charge in [0.25, 0.3) is 0 Å². The Kier molecular flexibility index (Phi) is 3.36. The molecule has 1 aromatic carbocycles. The Hall–Kier alpha value is -2.56. The quantitative estimate of drug-likeness (QED) is 0.862. The first-order valence-corrected chi connectivity index (χ1v) is 5.41. The molecule has 0 bridgehead atoms. The molecule has 0 unspecified atom stereocenters. The highest BCUT2D eigenvalue weighted by atomic mass is 19.4. The number of aromatic nitrogens is 2. The number of nitriles is 1. The van der Waals surface area contributed by atoms with Crippen molar-refractivity contribution in [3.8, 4) is 17.3 Å². The molecule has 1 heterocycles. The third-order valence-electron chi connectivity index (χ3n) is 2.55. The van der Waals surface area contributed by atoms with Gasteiger partial charge in [0.1, 0.15) is 35.5 Å². The average molecular weight is 284 g/mol. The lowest BCUT2D eigenvalue weighted by atomic mass is 10.1. The molecule has 2 aromatic rings. The summed E-state index contributed by atoms with van der Waals surface area (Å²) in [5.41, 5.74) is 5.64. The highest BCUT2D eigenvalue weighted by Gasteiger charge is 2.31. The van der Waals surface area contributed by atoms with Crippen LogP contribution in [0.5, 0.6) is 0 Å². The van der Waals surface area contributed by atoms with Crippen molar-refractivity contribution < 1.29 is 17.6 Å². The Balaban J connectivity index is 2.52. The van der Waals surface area contributed by atoms with Crippen molar-refractivity contribution in [2.45, 2.75) is 12.7 Å². The predicted molar refractivity (Wildman–Crippen MR) is 62.8 cm³/mol.